The molecule has 0 saturated carbocycles. The standard InChI is InChI=1S/C37H41ClN4.2BrH/c1-39(2)35-20-24-41(25-21-35)28-32-12-8-30(9-13-32)6-4-5-7-31-10-14-33(15-11-31)29-42-26-22-37(23-27-42)40(3)36-18-16-34(38)17-19-36;;/h8-27H,4-7,28-29H2,1-3H3;2*1H/q+2;;/p-2. The molecule has 5 aromatic rings. The summed E-state index contributed by atoms with van der Waals surface area (Å²) in [6.45, 7) is 1.76. The lowest BCUT2D eigenvalue weighted by Crippen LogP contribution is -3.00. The molecule has 4 nitrogen and oxygen atoms in total. The van der Waals surface area contributed by atoms with Gasteiger partial charge in [-0.3, -0.25) is 0 Å². The molecule has 0 saturated heterocycles. The van der Waals surface area contributed by atoms with Gasteiger partial charge in [-0.25, -0.2) is 9.13 Å². The average Bonchev–Trinajstić information content (AvgIpc) is 3.01. The average molecular weight is 737 g/mol. The zero-order valence-corrected chi connectivity index (χ0v) is 29.6. The molecule has 0 atom stereocenters. The summed E-state index contributed by atoms with van der Waals surface area (Å²) >= 11 is 6.03. The number of aromatic nitrogens is 2. The predicted molar refractivity (Wildman–Crippen MR) is 175 cm³/mol. The minimum atomic E-state index is 0. The monoisotopic (exact) mass is 734 g/mol. The Morgan fingerprint density at radius 2 is 0.841 bits per heavy atom. The van der Waals surface area contributed by atoms with Crippen molar-refractivity contribution in [2.24, 2.45) is 0 Å². The third kappa shape index (κ3) is 10.2. The highest BCUT2D eigenvalue weighted by molar-refractivity contribution is 6.30. The van der Waals surface area contributed by atoms with Crippen LogP contribution in [-0.2, 0) is 25.9 Å². The van der Waals surface area contributed by atoms with E-state index in [-0.39, 0.29) is 34.0 Å². The highest BCUT2D eigenvalue weighted by Gasteiger charge is 2.09. The summed E-state index contributed by atoms with van der Waals surface area (Å²) in [5.74, 6) is 0. The van der Waals surface area contributed by atoms with Gasteiger partial charge in [0.1, 0.15) is 0 Å². The fraction of sp³-hybridized carbons (Fsp3) is 0.243. The molecule has 0 unspecified atom stereocenters. The topological polar surface area (TPSA) is 14.2 Å². The number of rotatable bonds is 12. The third-order valence-corrected chi connectivity index (χ3v) is 8.07. The molecule has 7 heteroatoms. The van der Waals surface area contributed by atoms with Gasteiger partial charge in [0, 0.05) is 72.9 Å². The number of halogens is 3. The van der Waals surface area contributed by atoms with E-state index in [0.717, 1.165) is 42.3 Å². The molecule has 0 N–H and O–H groups in total. The van der Waals surface area contributed by atoms with Crippen LogP contribution in [0.15, 0.2) is 122 Å². The Kier molecular flexibility index (Phi) is 13.9. The summed E-state index contributed by atoms with van der Waals surface area (Å²) < 4.78 is 4.45. The van der Waals surface area contributed by atoms with E-state index in [1.807, 2.05) is 24.3 Å². The molecule has 230 valence electrons. The molecule has 5 rings (SSSR count). The molecule has 44 heavy (non-hydrogen) atoms. The van der Waals surface area contributed by atoms with Crippen LogP contribution in [0.4, 0.5) is 17.1 Å². The van der Waals surface area contributed by atoms with Gasteiger partial charge in [-0.15, -0.1) is 0 Å². The predicted octanol–water partition coefficient (Wildman–Crippen LogP) is 1.42. The maximum Gasteiger partial charge on any atom is 0.173 e. The van der Waals surface area contributed by atoms with Crippen molar-refractivity contribution < 1.29 is 43.1 Å². The van der Waals surface area contributed by atoms with E-state index in [9.17, 15) is 0 Å². The molecule has 0 aliphatic heterocycles. The summed E-state index contributed by atoms with van der Waals surface area (Å²) in [5, 5.41) is 0.753. The molecule has 2 aromatic heterocycles. The Labute approximate surface area is 289 Å². The number of nitrogens with zero attached hydrogens (tertiary/aromatic N) is 4. The first-order valence-corrected chi connectivity index (χ1v) is 15.1. The Balaban J connectivity index is 0.00000264. The fourth-order valence-corrected chi connectivity index (χ4v) is 5.27. The van der Waals surface area contributed by atoms with E-state index in [4.69, 9.17) is 11.6 Å². The maximum atomic E-state index is 6.03. The lowest BCUT2D eigenvalue weighted by Gasteiger charge is -2.18. The van der Waals surface area contributed by atoms with Gasteiger partial charge < -0.3 is 43.8 Å². The fourth-order valence-electron chi connectivity index (χ4n) is 5.15. The van der Waals surface area contributed by atoms with Crippen molar-refractivity contribution in [3.8, 4) is 0 Å². The van der Waals surface area contributed by atoms with E-state index in [1.165, 1.54) is 40.8 Å². The first-order valence-electron chi connectivity index (χ1n) is 14.7. The molecular formula is C37H41Br2ClN4. The summed E-state index contributed by atoms with van der Waals surface area (Å²) in [5.41, 5.74) is 8.96. The van der Waals surface area contributed by atoms with Gasteiger partial charge in [0.25, 0.3) is 0 Å². The van der Waals surface area contributed by atoms with Crippen molar-refractivity contribution in [3.05, 3.63) is 149 Å². The minimum Gasteiger partial charge on any atom is -1.00 e. The number of aryl methyl sites for hydroxylation is 2. The summed E-state index contributed by atoms with van der Waals surface area (Å²) in [7, 11) is 6.21. The number of benzene rings is 3. The highest BCUT2D eigenvalue weighted by Crippen LogP contribution is 2.24. The van der Waals surface area contributed by atoms with Crippen molar-refractivity contribution in [1.82, 2.24) is 0 Å². The summed E-state index contributed by atoms with van der Waals surface area (Å²) in [6.07, 6.45) is 13.2. The zero-order chi connectivity index (χ0) is 29.3. The Bertz CT molecular complexity index is 1540. The van der Waals surface area contributed by atoms with E-state index in [2.05, 4.69) is 138 Å². The Morgan fingerprint density at radius 3 is 1.25 bits per heavy atom. The molecule has 0 aliphatic carbocycles. The van der Waals surface area contributed by atoms with Crippen molar-refractivity contribution in [3.63, 3.8) is 0 Å². The van der Waals surface area contributed by atoms with Crippen molar-refractivity contribution >= 4 is 28.7 Å². The normalized spacial score (nSPS) is 10.5. The molecule has 2 heterocycles. The first-order chi connectivity index (χ1) is 20.4. The zero-order valence-electron chi connectivity index (χ0n) is 25.7. The van der Waals surface area contributed by atoms with Crippen LogP contribution < -0.4 is 52.9 Å². The van der Waals surface area contributed by atoms with Crippen LogP contribution >= 0.6 is 11.6 Å². The van der Waals surface area contributed by atoms with Crippen LogP contribution in [0.25, 0.3) is 0 Å². The van der Waals surface area contributed by atoms with Gasteiger partial charge in [-0.2, -0.15) is 0 Å². The maximum absolute atomic E-state index is 6.03. The molecule has 0 spiro atoms. The largest absolute Gasteiger partial charge is 1.00 e. The number of unbranched alkanes of at least 4 members (excludes halogenated alkanes) is 1. The van der Waals surface area contributed by atoms with E-state index in [0.29, 0.717) is 0 Å². The molecule has 0 aliphatic rings. The Morgan fingerprint density at radius 1 is 0.477 bits per heavy atom. The summed E-state index contributed by atoms with van der Waals surface area (Å²) in [4.78, 5) is 4.29. The van der Waals surface area contributed by atoms with Crippen LogP contribution in [0, 0.1) is 0 Å². The van der Waals surface area contributed by atoms with E-state index < -0.39 is 0 Å². The third-order valence-electron chi connectivity index (χ3n) is 7.82. The van der Waals surface area contributed by atoms with E-state index in [1.54, 1.807) is 0 Å². The van der Waals surface area contributed by atoms with Crippen molar-refractivity contribution in [2.75, 3.05) is 30.9 Å². The molecular weight excluding hydrogens is 696 g/mol. The minimum absolute atomic E-state index is 0. The second-order valence-electron chi connectivity index (χ2n) is 11.2. The second-order valence-corrected chi connectivity index (χ2v) is 11.7. The molecule has 0 radical (unpaired) electrons. The van der Waals surface area contributed by atoms with Crippen molar-refractivity contribution in [1.29, 1.82) is 0 Å². The van der Waals surface area contributed by atoms with Crippen LogP contribution in [-0.4, -0.2) is 21.1 Å². The lowest BCUT2D eigenvalue weighted by molar-refractivity contribution is -0.688. The van der Waals surface area contributed by atoms with Gasteiger partial charge in [-0.1, -0.05) is 60.1 Å². The van der Waals surface area contributed by atoms with Crippen LogP contribution in [0.5, 0.6) is 0 Å². The molecule has 0 bridgehead atoms. The van der Waals surface area contributed by atoms with Crippen LogP contribution in [0.3, 0.4) is 0 Å². The molecule has 0 fully saturated rings. The first kappa shape index (κ1) is 35.3. The lowest BCUT2D eigenvalue weighted by atomic mass is 10.0. The van der Waals surface area contributed by atoms with Gasteiger partial charge in [0.05, 0.1) is 5.69 Å². The summed E-state index contributed by atoms with van der Waals surface area (Å²) in [6, 6.07) is 34.8. The van der Waals surface area contributed by atoms with Gasteiger partial charge in [0.2, 0.25) is 0 Å². The van der Waals surface area contributed by atoms with Gasteiger partial charge in [-0.05, 0) is 61.1 Å². The number of hydrogen-bond acceptors (Lipinski definition) is 2. The number of anilines is 3. The van der Waals surface area contributed by atoms with Gasteiger partial charge in [0.15, 0.2) is 37.9 Å². The van der Waals surface area contributed by atoms with E-state index >= 15 is 0 Å². The highest BCUT2D eigenvalue weighted by atomic mass is 79.9. The van der Waals surface area contributed by atoms with Crippen LogP contribution in [0.2, 0.25) is 5.02 Å². The van der Waals surface area contributed by atoms with Crippen molar-refractivity contribution in [2.45, 2.75) is 38.8 Å². The smallest absolute Gasteiger partial charge is 0.173 e. The quantitative estimate of drug-likeness (QED) is 0.142. The SMILES string of the molecule is CN(C)c1cc[n+](Cc2ccc(CCCCc3ccc(C[n+]4ccc(N(C)c5ccc(Cl)cc5)cc4)cc3)cc2)cc1.[Br-].[Br-]. The number of pyridine rings is 2. The number of hydrogen-bond donors (Lipinski definition) is 0. The van der Waals surface area contributed by atoms with Crippen LogP contribution in [0.1, 0.15) is 35.1 Å². The second kappa shape index (κ2) is 17.3. The Hall–Kier alpha value is -3.19. The molecule has 3 aromatic carbocycles. The molecule has 0 amide bonds. The van der Waals surface area contributed by atoms with Gasteiger partial charge >= 0.3 is 0 Å².